The Morgan fingerprint density at radius 3 is 3.00 bits per heavy atom. The molecular weight excluding hydrogens is 221 g/mol. The fourth-order valence-electron chi connectivity index (χ4n) is 1.32. The van der Waals surface area contributed by atoms with E-state index >= 15 is 0 Å². The van der Waals surface area contributed by atoms with Crippen molar-refractivity contribution in [2.24, 2.45) is 0 Å². The summed E-state index contributed by atoms with van der Waals surface area (Å²) in [5, 5.41) is 3.21. The number of hydrogen-bond donors (Lipinski definition) is 1. The Hall–Kier alpha value is -0.980. The summed E-state index contributed by atoms with van der Waals surface area (Å²) in [6, 6.07) is 7.04. The zero-order valence-electron chi connectivity index (χ0n) is 9.37. The number of nitrogens with one attached hydrogen (secondary N) is 1. The standard InChI is InChI=1S/C13H16FNS/c1-3-4-7-12(15-2)10-16-13-8-5-6-11(14)9-13/h1,5-6,8-9,12,15H,4,7,10H2,2H3. The third kappa shape index (κ3) is 4.69. The lowest BCUT2D eigenvalue weighted by Gasteiger charge is -2.14. The summed E-state index contributed by atoms with van der Waals surface area (Å²) in [7, 11) is 1.92. The van der Waals surface area contributed by atoms with E-state index in [4.69, 9.17) is 6.42 Å². The average Bonchev–Trinajstić information content (AvgIpc) is 2.29. The molecule has 0 amide bonds. The monoisotopic (exact) mass is 237 g/mol. The third-order valence-corrected chi connectivity index (χ3v) is 3.45. The van der Waals surface area contributed by atoms with Gasteiger partial charge in [-0.1, -0.05) is 6.07 Å². The van der Waals surface area contributed by atoms with Crippen LogP contribution in [0.4, 0.5) is 4.39 Å². The molecule has 1 aromatic carbocycles. The van der Waals surface area contributed by atoms with Crippen molar-refractivity contribution in [2.45, 2.75) is 23.8 Å². The van der Waals surface area contributed by atoms with Gasteiger partial charge in [0.1, 0.15) is 5.82 Å². The van der Waals surface area contributed by atoms with Crippen molar-refractivity contribution in [3.05, 3.63) is 30.1 Å². The van der Waals surface area contributed by atoms with Crippen LogP contribution in [-0.2, 0) is 0 Å². The number of benzene rings is 1. The van der Waals surface area contributed by atoms with Crippen molar-refractivity contribution >= 4 is 11.8 Å². The van der Waals surface area contributed by atoms with E-state index in [1.165, 1.54) is 6.07 Å². The highest BCUT2D eigenvalue weighted by Gasteiger charge is 2.06. The maximum absolute atomic E-state index is 12.9. The van der Waals surface area contributed by atoms with E-state index in [9.17, 15) is 4.39 Å². The molecule has 0 saturated carbocycles. The van der Waals surface area contributed by atoms with Gasteiger partial charge in [0.2, 0.25) is 0 Å². The smallest absolute Gasteiger partial charge is 0.124 e. The van der Waals surface area contributed by atoms with Crippen molar-refractivity contribution in [3.8, 4) is 12.3 Å². The van der Waals surface area contributed by atoms with E-state index < -0.39 is 0 Å². The first-order chi connectivity index (χ1) is 7.76. The Labute approximate surface area is 101 Å². The van der Waals surface area contributed by atoms with Gasteiger partial charge in [-0.15, -0.1) is 24.1 Å². The van der Waals surface area contributed by atoms with E-state index in [-0.39, 0.29) is 5.82 Å². The van der Waals surface area contributed by atoms with E-state index in [1.807, 2.05) is 13.1 Å². The Balaban J connectivity index is 2.40. The molecule has 1 N–H and O–H groups in total. The van der Waals surface area contributed by atoms with Crippen LogP contribution in [-0.4, -0.2) is 18.8 Å². The molecule has 1 unspecified atom stereocenters. The Bertz CT molecular complexity index is 359. The van der Waals surface area contributed by atoms with E-state index in [0.29, 0.717) is 6.04 Å². The van der Waals surface area contributed by atoms with Gasteiger partial charge in [-0.2, -0.15) is 0 Å². The van der Waals surface area contributed by atoms with Crippen molar-refractivity contribution in [3.63, 3.8) is 0 Å². The molecule has 86 valence electrons. The molecular formula is C13H16FNS. The first-order valence-corrected chi connectivity index (χ1v) is 6.24. The maximum Gasteiger partial charge on any atom is 0.124 e. The predicted molar refractivity (Wildman–Crippen MR) is 68.0 cm³/mol. The normalized spacial score (nSPS) is 12.1. The van der Waals surface area contributed by atoms with Crippen LogP contribution in [0.2, 0.25) is 0 Å². The van der Waals surface area contributed by atoms with Crippen LogP contribution in [0.15, 0.2) is 29.2 Å². The van der Waals surface area contributed by atoms with Crippen LogP contribution in [0.3, 0.4) is 0 Å². The molecule has 0 heterocycles. The molecule has 0 aliphatic heterocycles. The molecule has 0 saturated heterocycles. The van der Waals surface area contributed by atoms with E-state index in [0.717, 1.165) is 23.5 Å². The quantitative estimate of drug-likeness (QED) is 0.603. The Morgan fingerprint density at radius 1 is 1.56 bits per heavy atom. The molecule has 3 heteroatoms. The molecule has 16 heavy (non-hydrogen) atoms. The second kappa shape index (κ2) is 7.32. The average molecular weight is 237 g/mol. The van der Waals surface area contributed by atoms with Gasteiger partial charge in [-0.25, -0.2) is 4.39 Å². The fraction of sp³-hybridized carbons (Fsp3) is 0.385. The first kappa shape index (κ1) is 13.1. The lowest BCUT2D eigenvalue weighted by molar-refractivity contribution is 0.582. The number of rotatable bonds is 6. The molecule has 0 bridgehead atoms. The summed E-state index contributed by atoms with van der Waals surface area (Å²) >= 11 is 1.65. The summed E-state index contributed by atoms with van der Waals surface area (Å²) in [5.74, 6) is 3.35. The molecule has 0 spiro atoms. The molecule has 1 nitrogen and oxygen atoms in total. The second-order valence-corrected chi connectivity index (χ2v) is 4.59. The van der Waals surface area contributed by atoms with E-state index in [2.05, 4.69) is 11.2 Å². The number of terminal acetylenes is 1. The third-order valence-electron chi connectivity index (χ3n) is 2.29. The van der Waals surface area contributed by atoms with Crippen molar-refractivity contribution in [1.29, 1.82) is 0 Å². The summed E-state index contributed by atoms with van der Waals surface area (Å²) in [5.41, 5.74) is 0. The van der Waals surface area contributed by atoms with Gasteiger partial charge in [0.05, 0.1) is 0 Å². The zero-order chi connectivity index (χ0) is 11.8. The van der Waals surface area contributed by atoms with Gasteiger partial charge in [0.25, 0.3) is 0 Å². The minimum absolute atomic E-state index is 0.186. The molecule has 0 radical (unpaired) electrons. The van der Waals surface area contributed by atoms with Crippen LogP contribution in [0.25, 0.3) is 0 Å². The topological polar surface area (TPSA) is 12.0 Å². The highest BCUT2D eigenvalue weighted by Crippen LogP contribution is 2.20. The van der Waals surface area contributed by atoms with Gasteiger partial charge in [-0.05, 0) is 31.7 Å². The second-order valence-electron chi connectivity index (χ2n) is 3.50. The summed E-state index contributed by atoms with van der Waals surface area (Å²) in [6.45, 7) is 0. The van der Waals surface area contributed by atoms with Gasteiger partial charge >= 0.3 is 0 Å². The maximum atomic E-state index is 12.9. The molecule has 0 aromatic heterocycles. The largest absolute Gasteiger partial charge is 0.316 e. The molecule has 0 aliphatic carbocycles. The SMILES string of the molecule is C#CCCC(CSc1cccc(F)c1)NC. The van der Waals surface area contributed by atoms with Gasteiger partial charge < -0.3 is 5.32 Å². The van der Waals surface area contributed by atoms with Crippen LogP contribution in [0.5, 0.6) is 0 Å². The summed E-state index contributed by atoms with van der Waals surface area (Å²) in [4.78, 5) is 0.959. The predicted octanol–water partition coefficient (Wildman–Crippen LogP) is 2.92. The van der Waals surface area contributed by atoms with Crippen LogP contribution in [0.1, 0.15) is 12.8 Å². The molecule has 0 aliphatic rings. The van der Waals surface area contributed by atoms with Crippen LogP contribution < -0.4 is 5.32 Å². The minimum atomic E-state index is -0.186. The fourth-order valence-corrected chi connectivity index (χ4v) is 2.42. The Morgan fingerprint density at radius 2 is 2.38 bits per heavy atom. The molecule has 1 atom stereocenters. The number of thioether (sulfide) groups is 1. The Kier molecular flexibility index (Phi) is 5.99. The highest BCUT2D eigenvalue weighted by atomic mass is 32.2. The lowest BCUT2D eigenvalue weighted by Crippen LogP contribution is -2.27. The van der Waals surface area contributed by atoms with Crippen molar-refractivity contribution in [2.75, 3.05) is 12.8 Å². The minimum Gasteiger partial charge on any atom is -0.316 e. The molecule has 1 rings (SSSR count). The van der Waals surface area contributed by atoms with E-state index in [1.54, 1.807) is 23.9 Å². The van der Waals surface area contributed by atoms with Crippen molar-refractivity contribution < 1.29 is 4.39 Å². The zero-order valence-corrected chi connectivity index (χ0v) is 10.2. The molecule has 1 aromatic rings. The lowest BCUT2D eigenvalue weighted by atomic mass is 10.2. The molecule has 0 fully saturated rings. The van der Waals surface area contributed by atoms with Gasteiger partial charge in [-0.3, -0.25) is 0 Å². The summed E-state index contributed by atoms with van der Waals surface area (Å²) < 4.78 is 12.9. The highest BCUT2D eigenvalue weighted by molar-refractivity contribution is 7.99. The number of hydrogen-bond acceptors (Lipinski definition) is 2. The van der Waals surface area contributed by atoms with Gasteiger partial charge in [0, 0.05) is 23.1 Å². The number of halogens is 1. The van der Waals surface area contributed by atoms with Crippen LogP contribution in [0, 0.1) is 18.2 Å². The van der Waals surface area contributed by atoms with Crippen molar-refractivity contribution in [1.82, 2.24) is 5.32 Å². The first-order valence-electron chi connectivity index (χ1n) is 5.25. The van der Waals surface area contributed by atoms with Crippen LogP contribution >= 0.6 is 11.8 Å². The van der Waals surface area contributed by atoms with Gasteiger partial charge in [0.15, 0.2) is 0 Å². The summed E-state index contributed by atoms with van der Waals surface area (Å²) in [6.07, 6.45) is 6.95.